The summed E-state index contributed by atoms with van der Waals surface area (Å²) in [7, 11) is 3.57. The molecule has 0 aliphatic carbocycles. The van der Waals surface area contributed by atoms with Crippen LogP contribution < -0.4 is 15.4 Å². The molecule has 4 heteroatoms. The molecule has 0 spiro atoms. The molecule has 4 nitrogen and oxygen atoms in total. The van der Waals surface area contributed by atoms with Crippen molar-refractivity contribution in [1.82, 2.24) is 0 Å². The molecule has 3 N–H and O–H groups in total. The molecule has 90 valence electrons. The standard InChI is InChI=1S/C12H20N2O2/c1-9(15)8-14(2)12-6-11(16-3)5-4-10(12)7-13/h4-6,9,15H,7-8,13H2,1-3H3. The number of ether oxygens (including phenoxy) is 1. The smallest absolute Gasteiger partial charge is 0.120 e. The van der Waals surface area contributed by atoms with E-state index in [1.165, 1.54) is 0 Å². The minimum Gasteiger partial charge on any atom is -0.497 e. The van der Waals surface area contributed by atoms with Gasteiger partial charge >= 0.3 is 0 Å². The SMILES string of the molecule is COc1ccc(CN)c(N(C)CC(C)O)c1. The predicted molar refractivity (Wildman–Crippen MR) is 65.8 cm³/mol. The molecule has 0 saturated carbocycles. The Morgan fingerprint density at radius 3 is 2.69 bits per heavy atom. The lowest BCUT2D eigenvalue weighted by atomic mass is 10.1. The van der Waals surface area contributed by atoms with Crippen LogP contribution in [0.1, 0.15) is 12.5 Å². The van der Waals surface area contributed by atoms with Gasteiger partial charge in [0.1, 0.15) is 5.75 Å². The Bertz CT molecular complexity index is 340. The summed E-state index contributed by atoms with van der Waals surface area (Å²) in [6.45, 7) is 2.81. The molecule has 1 aromatic rings. The van der Waals surface area contributed by atoms with Gasteiger partial charge in [-0.3, -0.25) is 0 Å². The van der Waals surface area contributed by atoms with E-state index < -0.39 is 0 Å². The van der Waals surface area contributed by atoms with Crippen LogP contribution in [-0.2, 0) is 6.54 Å². The third-order valence-electron chi connectivity index (χ3n) is 2.46. The number of hydrogen-bond donors (Lipinski definition) is 2. The van der Waals surface area contributed by atoms with Crippen LogP contribution in [0, 0.1) is 0 Å². The van der Waals surface area contributed by atoms with Gasteiger partial charge in [0.25, 0.3) is 0 Å². The van der Waals surface area contributed by atoms with Crippen LogP contribution in [0.5, 0.6) is 5.75 Å². The van der Waals surface area contributed by atoms with Gasteiger partial charge in [0.05, 0.1) is 13.2 Å². The maximum absolute atomic E-state index is 9.37. The number of rotatable bonds is 5. The van der Waals surface area contributed by atoms with E-state index in [0.29, 0.717) is 13.1 Å². The lowest BCUT2D eigenvalue weighted by molar-refractivity contribution is 0.201. The average Bonchev–Trinajstić information content (AvgIpc) is 2.27. The summed E-state index contributed by atoms with van der Waals surface area (Å²) in [5, 5.41) is 9.37. The molecule has 0 aliphatic rings. The highest BCUT2D eigenvalue weighted by molar-refractivity contribution is 5.56. The third kappa shape index (κ3) is 3.12. The van der Waals surface area contributed by atoms with Gasteiger partial charge < -0.3 is 20.5 Å². The summed E-state index contributed by atoms with van der Waals surface area (Å²) in [6, 6.07) is 5.78. The molecule has 0 heterocycles. The summed E-state index contributed by atoms with van der Waals surface area (Å²) in [5.74, 6) is 0.796. The van der Waals surface area contributed by atoms with Crippen molar-refractivity contribution >= 4 is 5.69 Å². The molecular formula is C12H20N2O2. The van der Waals surface area contributed by atoms with Gasteiger partial charge in [-0.25, -0.2) is 0 Å². The van der Waals surface area contributed by atoms with Gasteiger partial charge in [-0.1, -0.05) is 6.07 Å². The van der Waals surface area contributed by atoms with Gasteiger partial charge in [0, 0.05) is 31.9 Å². The summed E-state index contributed by atoms with van der Waals surface area (Å²) in [5.41, 5.74) is 7.73. The van der Waals surface area contributed by atoms with Crippen molar-refractivity contribution in [2.24, 2.45) is 5.73 Å². The zero-order valence-electron chi connectivity index (χ0n) is 10.1. The maximum Gasteiger partial charge on any atom is 0.120 e. The zero-order valence-corrected chi connectivity index (χ0v) is 10.1. The largest absolute Gasteiger partial charge is 0.497 e. The highest BCUT2D eigenvalue weighted by atomic mass is 16.5. The Morgan fingerprint density at radius 1 is 1.50 bits per heavy atom. The molecule has 16 heavy (non-hydrogen) atoms. The van der Waals surface area contributed by atoms with Crippen molar-refractivity contribution in [2.45, 2.75) is 19.6 Å². The normalized spacial score (nSPS) is 12.3. The van der Waals surface area contributed by atoms with E-state index in [0.717, 1.165) is 17.0 Å². The summed E-state index contributed by atoms with van der Waals surface area (Å²) in [6.07, 6.45) is -0.373. The van der Waals surface area contributed by atoms with E-state index in [9.17, 15) is 5.11 Å². The fourth-order valence-corrected chi connectivity index (χ4v) is 1.69. The first kappa shape index (κ1) is 12.8. The first-order chi connectivity index (χ1) is 7.58. The molecule has 0 fully saturated rings. The zero-order chi connectivity index (χ0) is 12.1. The van der Waals surface area contributed by atoms with Crippen molar-refractivity contribution < 1.29 is 9.84 Å². The van der Waals surface area contributed by atoms with Crippen molar-refractivity contribution in [3.05, 3.63) is 23.8 Å². The van der Waals surface area contributed by atoms with E-state index in [1.54, 1.807) is 14.0 Å². The quantitative estimate of drug-likeness (QED) is 0.782. The lowest BCUT2D eigenvalue weighted by Gasteiger charge is -2.24. The number of aliphatic hydroxyl groups excluding tert-OH is 1. The van der Waals surface area contributed by atoms with E-state index >= 15 is 0 Å². The molecular weight excluding hydrogens is 204 g/mol. The molecule has 1 rings (SSSR count). The molecule has 0 aromatic heterocycles. The second kappa shape index (κ2) is 5.72. The summed E-state index contributed by atoms with van der Waals surface area (Å²) < 4.78 is 5.18. The van der Waals surface area contributed by atoms with Crippen LogP contribution in [0.2, 0.25) is 0 Å². The van der Waals surface area contributed by atoms with Gasteiger partial charge in [0.15, 0.2) is 0 Å². The number of methoxy groups -OCH3 is 1. The van der Waals surface area contributed by atoms with Crippen molar-refractivity contribution in [3.8, 4) is 5.75 Å². The highest BCUT2D eigenvalue weighted by Gasteiger charge is 2.09. The second-order valence-corrected chi connectivity index (χ2v) is 3.93. The molecule has 1 atom stereocenters. The summed E-state index contributed by atoms with van der Waals surface area (Å²) >= 11 is 0. The predicted octanol–water partition coefficient (Wildman–Crippen LogP) is 0.971. The third-order valence-corrected chi connectivity index (χ3v) is 2.46. The molecule has 1 aromatic carbocycles. The fourth-order valence-electron chi connectivity index (χ4n) is 1.69. The van der Waals surface area contributed by atoms with Gasteiger partial charge in [-0.15, -0.1) is 0 Å². The number of nitrogens with two attached hydrogens (primary N) is 1. The maximum atomic E-state index is 9.37. The average molecular weight is 224 g/mol. The van der Waals surface area contributed by atoms with Crippen LogP contribution in [0.15, 0.2) is 18.2 Å². The van der Waals surface area contributed by atoms with Gasteiger partial charge in [-0.05, 0) is 18.6 Å². The number of aliphatic hydroxyl groups is 1. The molecule has 0 bridgehead atoms. The van der Waals surface area contributed by atoms with Crippen LogP contribution in [-0.4, -0.2) is 31.9 Å². The Hall–Kier alpha value is -1.26. The monoisotopic (exact) mass is 224 g/mol. The summed E-state index contributed by atoms with van der Waals surface area (Å²) in [4.78, 5) is 1.98. The van der Waals surface area contributed by atoms with E-state index in [2.05, 4.69) is 0 Å². The van der Waals surface area contributed by atoms with Crippen molar-refractivity contribution in [3.63, 3.8) is 0 Å². The van der Waals surface area contributed by atoms with E-state index in [1.807, 2.05) is 30.1 Å². The minimum atomic E-state index is -0.373. The highest BCUT2D eigenvalue weighted by Crippen LogP contribution is 2.25. The molecule has 1 unspecified atom stereocenters. The first-order valence-corrected chi connectivity index (χ1v) is 5.34. The number of benzene rings is 1. The molecule has 0 saturated heterocycles. The Kier molecular flexibility index (Phi) is 4.58. The van der Waals surface area contributed by atoms with Gasteiger partial charge in [-0.2, -0.15) is 0 Å². The topological polar surface area (TPSA) is 58.7 Å². The Labute approximate surface area is 96.6 Å². The number of likely N-dealkylation sites (N-methyl/N-ethyl adjacent to an activating group) is 1. The lowest BCUT2D eigenvalue weighted by Crippen LogP contribution is -2.28. The minimum absolute atomic E-state index is 0.373. The van der Waals surface area contributed by atoms with Crippen molar-refractivity contribution in [2.75, 3.05) is 25.6 Å². The molecule has 0 radical (unpaired) electrons. The van der Waals surface area contributed by atoms with Crippen molar-refractivity contribution in [1.29, 1.82) is 0 Å². The number of nitrogens with zero attached hydrogens (tertiary/aromatic N) is 1. The van der Waals surface area contributed by atoms with Crippen LogP contribution in [0.25, 0.3) is 0 Å². The number of hydrogen-bond acceptors (Lipinski definition) is 4. The Balaban J connectivity index is 2.98. The fraction of sp³-hybridized carbons (Fsp3) is 0.500. The van der Waals surface area contributed by atoms with Crippen LogP contribution >= 0.6 is 0 Å². The van der Waals surface area contributed by atoms with E-state index in [4.69, 9.17) is 10.5 Å². The first-order valence-electron chi connectivity index (χ1n) is 5.34. The molecule has 0 amide bonds. The van der Waals surface area contributed by atoms with Crippen LogP contribution in [0.3, 0.4) is 0 Å². The Morgan fingerprint density at radius 2 is 2.19 bits per heavy atom. The van der Waals surface area contributed by atoms with Gasteiger partial charge in [0.2, 0.25) is 0 Å². The van der Waals surface area contributed by atoms with Crippen LogP contribution in [0.4, 0.5) is 5.69 Å². The van der Waals surface area contributed by atoms with E-state index in [-0.39, 0.29) is 6.10 Å². The number of anilines is 1. The second-order valence-electron chi connectivity index (χ2n) is 3.93. The molecule has 0 aliphatic heterocycles.